The Morgan fingerprint density at radius 2 is 2.12 bits per heavy atom. The van der Waals surface area contributed by atoms with Crippen LogP contribution in [-0.4, -0.2) is 16.8 Å². The first-order chi connectivity index (χ1) is 11.8. The van der Waals surface area contributed by atoms with Gasteiger partial charge >= 0.3 is 0 Å². The highest BCUT2D eigenvalue weighted by Crippen LogP contribution is 2.31. The summed E-state index contributed by atoms with van der Waals surface area (Å²) >= 11 is 1.46. The summed E-state index contributed by atoms with van der Waals surface area (Å²) in [5.74, 6) is 2.12. The van der Waals surface area contributed by atoms with E-state index in [9.17, 15) is 0 Å². The van der Waals surface area contributed by atoms with Gasteiger partial charge in [0.25, 0.3) is 5.22 Å². The standard InChI is InChI=1S/C18H13N3O2S/c19-10-12-2-1-3-13(8-12)11-24-18-21-20-17(23-18)15-4-5-16-14(9-15)6-7-22-16/h1-5,8-9H,6-7,11H2. The Morgan fingerprint density at radius 3 is 3.04 bits per heavy atom. The van der Waals surface area contributed by atoms with E-state index in [2.05, 4.69) is 16.3 Å². The van der Waals surface area contributed by atoms with E-state index in [4.69, 9.17) is 14.4 Å². The molecular weight excluding hydrogens is 322 g/mol. The second kappa shape index (κ2) is 6.38. The van der Waals surface area contributed by atoms with Crippen molar-refractivity contribution in [2.45, 2.75) is 17.4 Å². The lowest BCUT2D eigenvalue weighted by Crippen LogP contribution is -1.85. The van der Waals surface area contributed by atoms with Gasteiger partial charge in [0.1, 0.15) is 5.75 Å². The molecule has 1 aromatic heterocycles. The van der Waals surface area contributed by atoms with Crippen LogP contribution < -0.4 is 4.74 Å². The van der Waals surface area contributed by atoms with E-state index in [1.165, 1.54) is 17.3 Å². The van der Waals surface area contributed by atoms with Gasteiger partial charge in [-0.2, -0.15) is 5.26 Å². The van der Waals surface area contributed by atoms with Crippen molar-refractivity contribution < 1.29 is 9.15 Å². The van der Waals surface area contributed by atoms with Crippen LogP contribution in [0.15, 0.2) is 52.1 Å². The lowest BCUT2D eigenvalue weighted by Gasteiger charge is -2.00. The molecule has 3 aromatic rings. The van der Waals surface area contributed by atoms with Crippen LogP contribution in [0.4, 0.5) is 0 Å². The van der Waals surface area contributed by atoms with Gasteiger partial charge in [0, 0.05) is 17.7 Å². The molecule has 2 heterocycles. The van der Waals surface area contributed by atoms with Crippen LogP contribution in [0.3, 0.4) is 0 Å². The van der Waals surface area contributed by atoms with E-state index in [0.717, 1.165) is 29.9 Å². The lowest BCUT2D eigenvalue weighted by molar-refractivity contribution is 0.357. The summed E-state index contributed by atoms with van der Waals surface area (Å²) in [5, 5.41) is 17.7. The fraction of sp³-hybridized carbons (Fsp3) is 0.167. The number of hydrogen-bond donors (Lipinski definition) is 0. The average Bonchev–Trinajstić information content (AvgIpc) is 3.28. The molecule has 4 rings (SSSR count). The largest absolute Gasteiger partial charge is 0.493 e. The summed E-state index contributed by atoms with van der Waals surface area (Å²) in [6, 6.07) is 15.6. The van der Waals surface area contributed by atoms with E-state index in [0.29, 0.717) is 22.4 Å². The number of thioether (sulfide) groups is 1. The molecule has 0 saturated heterocycles. The molecule has 118 valence electrons. The molecule has 0 N–H and O–H groups in total. The number of benzene rings is 2. The first-order valence-electron chi connectivity index (χ1n) is 7.53. The third-order valence-corrected chi connectivity index (χ3v) is 4.65. The van der Waals surface area contributed by atoms with Gasteiger partial charge < -0.3 is 9.15 Å². The third-order valence-electron chi connectivity index (χ3n) is 3.76. The van der Waals surface area contributed by atoms with Gasteiger partial charge in [-0.25, -0.2) is 0 Å². The number of aromatic nitrogens is 2. The van der Waals surface area contributed by atoms with Crippen molar-refractivity contribution >= 4 is 11.8 Å². The summed E-state index contributed by atoms with van der Waals surface area (Å²) in [4.78, 5) is 0. The fourth-order valence-corrected chi connectivity index (χ4v) is 3.29. The van der Waals surface area contributed by atoms with Gasteiger partial charge in [-0.3, -0.25) is 0 Å². The van der Waals surface area contributed by atoms with Crippen LogP contribution in [0.1, 0.15) is 16.7 Å². The third kappa shape index (κ3) is 2.99. The molecule has 24 heavy (non-hydrogen) atoms. The predicted octanol–water partition coefficient (Wildman–Crippen LogP) is 3.84. The van der Waals surface area contributed by atoms with Crippen LogP contribution in [-0.2, 0) is 12.2 Å². The zero-order valence-electron chi connectivity index (χ0n) is 12.7. The number of rotatable bonds is 4. The SMILES string of the molecule is N#Cc1cccc(CSc2nnc(-c3ccc4c(c3)CCO4)o2)c1. The molecule has 0 radical (unpaired) electrons. The van der Waals surface area contributed by atoms with Crippen molar-refractivity contribution in [3.05, 3.63) is 59.2 Å². The minimum atomic E-state index is 0.512. The summed E-state index contributed by atoms with van der Waals surface area (Å²) < 4.78 is 11.2. The Kier molecular flexibility index (Phi) is 3.93. The van der Waals surface area contributed by atoms with Gasteiger partial charge in [-0.15, -0.1) is 10.2 Å². The van der Waals surface area contributed by atoms with Crippen molar-refractivity contribution in [3.8, 4) is 23.3 Å². The molecule has 0 amide bonds. The van der Waals surface area contributed by atoms with Crippen LogP contribution in [0.5, 0.6) is 5.75 Å². The smallest absolute Gasteiger partial charge is 0.277 e. The number of ether oxygens (including phenoxy) is 1. The quantitative estimate of drug-likeness (QED) is 0.675. The summed E-state index contributed by atoms with van der Waals surface area (Å²) in [7, 11) is 0. The van der Waals surface area contributed by atoms with Crippen LogP contribution >= 0.6 is 11.8 Å². The minimum absolute atomic E-state index is 0.512. The minimum Gasteiger partial charge on any atom is -0.493 e. The molecule has 0 unspecified atom stereocenters. The maximum Gasteiger partial charge on any atom is 0.277 e. The van der Waals surface area contributed by atoms with Crippen LogP contribution in [0.2, 0.25) is 0 Å². The molecule has 1 aliphatic rings. The van der Waals surface area contributed by atoms with Crippen molar-refractivity contribution in [2.24, 2.45) is 0 Å². The van der Waals surface area contributed by atoms with E-state index in [1.807, 2.05) is 36.4 Å². The Bertz CT molecular complexity index is 930. The number of nitriles is 1. The molecule has 0 aliphatic carbocycles. The Hall–Kier alpha value is -2.78. The molecule has 0 spiro atoms. The van der Waals surface area contributed by atoms with Gasteiger partial charge in [0.05, 0.1) is 18.2 Å². The Morgan fingerprint density at radius 1 is 1.17 bits per heavy atom. The molecule has 5 nitrogen and oxygen atoms in total. The topological polar surface area (TPSA) is 71.9 Å². The molecule has 0 atom stereocenters. The van der Waals surface area contributed by atoms with Gasteiger partial charge in [-0.05, 0) is 41.5 Å². The van der Waals surface area contributed by atoms with E-state index >= 15 is 0 Å². The summed E-state index contributed by atoms with van der Waals surface area (Å²) in [5.41, 5.74) is 3.78. The maximum atomic E-state index is 8.94. The van der Waals surface area contributed by atoms with Gasteiger partial charge in [-0.1, -0.05) is 23.9 Å². The lowest BCUT2D eigenvalue weighted by atomic mass is 10.1. The second-order valence-corrected chi connectivity index (χ2v) is 6.32. The Labute approximate surface area is 143 Å². The molecule has 0 fully saturated rings. The second-order valence-electron chi connectivity index (χ2n) is 5.39. The monoisotopic (exact) mass is 335 g/mol. The van der Waals surface area contributed by atoms with E-state index in [1.54, 1.807) is 6.07 Å². The number of fused-ring (bicyclic) bond motifs is 1. The van der Waals surface area contributed by atoms with Gasteiger partial charge in [0.2, 0.25) is 5.89 Å². The zero-order valence-corrected chi connectivity index (χ0v) is 13.5. The van der Waals surface area contributed by atoms with Crippen molar-refractivity contribution in [3.63, 3.8) is 0 Å². The normalized spacial score (nSPS) is 12.5. The van der Waals surface area contributed by atoms with Crippen LogP contribution in [0.25, 0.3) is 11.5 Å². The zero-order chi connectivity index (χ0) is 16.4. The molecule has 1 aliphatic heterocycles. The van der Waals surface area contributed by atoms with E-state index < -0.39 is 0 Å². The molecule has 0 bridgehead atoms. The highest BCUT2D eigenvalue weighted by atomic mass is 32.2. The fourth-order valence-electron chi connectivity index (χ4n) is 2.58. The molecular formula is C18H13N3O2S. The number of hydrogen-bond acceptors (Lipinski definition) is 6. The average molecular weight is 335 g/mol. The summed E-state index contributed by atoms with van der Waals surface area (Å²) in [6.07, 6.45) is 0.911. The molecule has 0 saturated carbocycles. The van der Waals surface area contributed by atoms with Crippen molar-refractivity contribution in [1.82, 2.24) is 10.2 Å². The van der Waals surface area contributed by atoms with Crippen LogP contribution in [0, 0.1) is 11.3 Å². The maximum absolute atomic E-state index is 8.94. The number of nitrogens with zero attached hydrogens (tertiary/aromatic N) is 3. The highest BCUT2D eigenvalue weighted by Gasteiger charge is 2.15. The Balaban J connectivity index is 1.48. The van der Waals surface area contributed by atoms with Crippen molar-refractivity contribution in [2.75, 3.05) is 6.61 Å². The van der Waals surface area contributed by atoms with Crippen molar-refractivity contribution in [1.29, 1.82) is 5.26 Å². The molecule has 6 heteroatoms. The predicted molar refractivity (Wildman–Crippen MR) is 89.7 cm³/mol. The van der Waals surface area contributed by atoms with E-state index in [-0.39, 0.29) is 0 Å². The highest BCUT2D eigenvalue weighted by molar-refractivity contribution is 7.98. The first kappa shape index (κ1) is 14.8. The molecule has 2 aromatic carbocycles. The van der Waals surface area contributed by atoms with Gasteiger partial charge in [0.15, 0.2) is 0 Å². The summed E-state index contributed by atoms with van der Waals surface area (Å²) in [6.45, 7) is 0.728. The first-order valence-corrected chi connectivity index (χ1v) is 8.52.